The number of benzene rings is 1. The molecule has 5 heterocycles. The van der Waals surface area contributed by atoms with Crippen LogP contribution in [0, 0.1) is 11.6 Å². The van der Waals surface area contributed by atoms with Crippen LogP contribution in [-0.2, 0) is 4.74 Å². The van der Waals surface area contributed by atoms with E-state index in [0.717, 1.165) is 24.4 Å². The Morgan fingerprint density at radius 3 is 2.47 bits per heavy atom. The fourth-order valence-electron chi connectivity index (χ4n) is 4.77. The molecular formula is C23H24F2N6O. The lowest BCUT2D eigenvalue weighted by Crippen LogP contribution is -2.54. The van der Waals surface area contributed by atoms with Crippen LogP contribution in [0.25, 0.3) is 27.6 Å². The van der Waals surface area contributed by atoms with Gasteiger partial charge in [0.1, 0.15) is 11.3 Å². The summed E-state index contributed by atoms with van der Waals surface area (Å²) in [6.07, 6.45) is 0. The zero-order valence-electron chi connectivity index (χ0n) is 17.9. The van der Waals surface area contributed by atoms with Gasteiger partial charge in [-0.3, -0.25) is 4.40 Å². The van der Waals surface area contributed by atoms with Crippen LogP contribution in [0.3, 0.4) is 0 Å². The van der Waals surface area contributed by atoms with Crippen LogP contribution in [-0.4, -0.2) is 58.8 Å². The van der Waals surface area contributed by atoms with E-state index in [1.807, 2.05) is 22.6 Å². The number of anilines is 2. The zero-order chi connectivity index (χ0) is 22.0. The lowest BCUT2D eigenvalue weighted by molar-refractivity contribution is 0.0210. The number of fused-ring (bicyclic) bond motifs is 5. The molecule has 0 amide bonds. The molecule has 6 rings (SSSR count). The maximum atomic E-state index is 14.2. The van der Waals surface area contributed by atoms with Gasteiger partial charge in [-0.2, -0.15) is 0 Å². The van der Waals surface area contributed by atoms with Crippen molar-refractivity contribution in [2.45, 2.75) is 32.0 Å². The number of piperazine rings is 1. The minimum absolute atomic E-state index is 0.159. The van der Waals surface area contributed by atoms with Gasteiger partial charge < -0.3 is 20.3 Å². The lowest BCUT2D eigenvalue weighted by Gasteiger charge is -2.37. The van der Waals surface area contributed by atoms with Gasteiger partial charge in [0.25, 0.3) is 0 Å². The van der Waals surface area contributed by atoms with Crippen LogP contribution >= 0.6 is 0 Å². The summed E-state index contributed by atoms with van der Waals surface area (Å²) >= 11 is 0. The van der Waals surface area contributed by atoms with Crippen molar-refractivity contribution in [3.8, 4) is 0 Å². The Morgan fingerprint density at radius 2 is 1.75 bits per heavy atom. The van der Waals surface area contributed by atoms with E-state index in [4.69, 9.17) is 14.7 Å². The molecule has 0 aliphatic carbocycles. The number of rotatable bonds is 3. The number of aromatic nitrogens is 3. The van der Waals surface area contributed by atoms with Gasteiger partial charge in [0.05, 0.1) is 30.3 Å². The van der Waals surface area contributed by atoms with Gasteiger partial charge in [-0.25, -0.2) is 18.7 Å². The number of halogens is 2. The normalized spacial score (nSPS) is 22.1. The van der Waals surface area contributed by atoms with E-state index in [-0.39, 0.29) is 6.04 Å². The molecule has 2 aliphatic heterocycles. The molecule has 0 saturated carbocycles. The molecule has 0 radical (unpaired) electrons. The molecule has 3 aromatic heterocycles. The van der Waals surface area contributed by atoms with E-state index in [1.165, 1.54) is 12.1 Å². The van der Waals surface area contributed by atoms with Gasteiger partial charge in [0.15, 0.2) is 23.1 Å². The highest BCUT2D eigenvalue weighted by atomic mass is 19.2. The largest absolute Gasteiger partial charge is 0.377 e. The number of ether oxygens (including phenoxy) is 1. The third-order valence-corrected chi connectivity index (χ3v) is 6.23. The number of hydrogen-bond donors (Lipinski definition) is 2. The van der Waals surface area contributed by atoms with E-state index >= 15 is 0 Å². The van der Waals surface area contributed by atoms with Crippen molar-refractivity contribution in [1.82, 2.24) is 19.7 Å². The second-order valence-electron chi connectivity index (χ2n) is 8.92. The summed E-state index contributed by atoms with van der Waals surface area (Å²) in [5.41, 5.74) is 2.59. The highest BCUT2D eigenvalue weighted by Gasteiger charge is 2.25. The molecular weight excluding hydrogens is 414 g/mol. The van der Waals surface area contributed by atoms with E-state index in [9.17, 15) is 8.78 Å². The third-order valence-electron chi connectivity index (χ3n) is 6.23. The monoisotopic (exact) mass is 438 g/mol. The van der Waals surface area contributed by atoms with Gasteiger partial charge in [-0.15, -0.1) is 0 Å². The third kappa shape index (κ3) is 3.15. The van der Waals surface area contributed by atoms with Crippen molar-refractivity contribution < 1.29 is 13.5 Å². The summed E-state index contributed by atoms with van der Waals surface area (Å²) in [5, 5.41) is 7.53. The molecule has 9 heteroatoms. The molecule has 2 fully saturated rings. The minimum Gasteiger partial charge on any atom is -0.377 e. The summed E-state index contributed by atoms with van der Waals surface area (Å²) in [6.45, 7) is 7.20. The smallest absolute Gasteiger partial charge is 0.166 e. The van der Waals surface area contributed by atoms with E-state index in [2.05, 4.69) is 29.4 Å². The quantitative estimate of drug-likeness (QED) is 0.512. The molecule has 32 heavy (non-hydrogen) atoms. The second kappa shape index (κ2) is 7.25. The Kier molecular flexibility index (Phi) is 4.44. The van der Waals surface area contributed by atoms with Crippen molar-refractivity contribution in [1.29, 1.82) is 0 Å². The molecule has 2 aliphatic rings. The molecule has 2 atom stereocenters. The summed E-state index contributed by atoms with van der Waals surface area (Å²) in [6, 6.07) is 9.06. The Hall–Kier alpha value is -3.04. The minimum atomic E-state index is -0.884. The first-order valence-corrected chi connectivity index (χ1v) is 10.9. The van der Waals surface area contributed by atoms with Crippen LogP contribution in [0.15, 0.2) is 30.3 Å². The fourth-order valence-corrected chi connectivity index (χ4v) is 4.77. The van der Waals surface area contributed by atoms with Gasteiger partial charge in [0, 0.05) is 36.6 Å². The Balaban J connectivity index is 1.58. The number of hydrogen-bond acceptors (Lipinski definition) is 6. The van der Waals surface area contributed by atoms with Gasteiger partial charge >= 0.3 is 0 Å². The zero-order valence-corrected chi connectivity index (χ0v) is 17.9. The van der Waals surface area contributed by atoms with Crippen LogP contribution in [0.5, 0.6) is 0 Å². The Labute approximate surface area is 183 Å². The van der Waals surface area contributed by atoms with Crippen molar-refractivity contribution in [3.05, 3.63) is 42.0 Å². The number of nitrogens with one attached hydrogen (secondary N) is 2. The van der Waals surface area contributed by atoms with E-state index in [0.29, 0.717) is 53.2 Å². The predicted octanol–water partition coefficient (Wildman–Crippen LogP) is 3.31. The van der Waals surface area contributed by atoms with Crippen molar-refractivity contribution in [2.24, 2.45) is 0 Å². The van der Waals surface area contributed by atoms with Crippen molar-refractivity contribution >= 4 is 39.2 Å². The molecule has 7 nitrogen and oxygen atoms in total. The number of pyridine rings is 1. The van der Waals surface area contributed by atoms with Crippen LogP contribution < -0.4 is 15.5 Å². The SMILES string of the molecule is C[C@@H]1CN(c2ccc3nc(NC4COC4)c4cc5cc(F)c(F)cc5n4c3n2)C[C@H](C)N1. The summed E-state index contributed by atoms with van der Waals surface area (Å²) in [5.74, 6) is -0.254. The Morgan fingerprint density at radius 1 is 1.00 bits per heavy atom. The van der Waals surface area contributed by atoms with Crippen molar-refractivity contribution in [2.75, 3.05) is 36.5 Å². The average molecular weight is 438 g/mol. The standard InChI is InChI=1S/C23H24F2N6O/c1-12-8-30(9-13(2)26-12)21-4-3-18-23(29-21)31-19-7-17(25)16(24)5-14(19)6-20(31)22(28-18)27-15-10-32-11-15/h3-7,12-13,15,26H,8-11H2,1-2H3,(H,27,28)/t12-,13+. The molecule has 166 valence electrons. The summed E-state index contributed by atoms with van der Waals surface area (Å²) < 4.78 is 35.4. The molecule has 0 spiro atoms. The van der Waals surface area contributed by atoms with Crippen molar-refractivity contribution in [3.63, 3.8) is 0 Å². The summed E-state index contributed by atoms with van der Waals surface area (Å²) in [7, 11) is 0. The molecule has 0 unspecified atom stereocenters. The highest BCUT2D eigenvalue weighted by Crippen LogP contribution is 2.32. The molecule has 4 aromatic rings. The maximum absolute atomic E-state index is 14.2. The van der Waals surface area contributed by atoms with Crippen LogP contribution in [0.1, 0.15) is 13.8 Å². The first-order valence-electron chi connectivity index (χ1n) is 10.9. The first kappa shape index (κ1) is 19.6. The molecule has 0 bridgehead atoms. The predicted molar refractivity (Wildman–Crippen MR) is 120 cm³/mol. The average Bonchev–Trinajstić information content (AvgIpc) is 3.08. The maximum Gasteiger partial charge on any atom is 0.166 e. The van der Waals surface area contributed by atoms with E-state index < -0.39 is 11.6 Å². The lowest BCUT2D eigenvalue weighted by atomic mass is 10.1. The number of nitrogens with zero attached hydrogens (tertiary/aromatic N) is 4. The molecule has 2 N–H and O–H groups in total. The van der Waals surface area contributed by atoms with Gasteiger partial charge in [0.2, 0.25) is 0 Å². The van der Waals surface area contributed by atoms with Crippen LogP contribution in [0.2, 0.25) is 0 Å². The summed E-state index contributed by atoms with van der Waals surface area (Å²) in [4.78, 5) is 12.0. The Bertz CT molecular complexity index is 1340. The molecule has 2 saturated heterocycles. The van der Waals surface area contributed by atoms with Gasteiger partial charge in [-0.1, -0.05) is 0 Å². The van der Waals surface area contributed by atoms with Gasteiger partial charge in [-0.05, 0) is 38.1 Å². The second-order valence-corrected chi connectivity index (χ2v) is 8.92. The van der Waals surface area contributed by atoms with E-state index in [1.54, 1.807) is 0 Å². The topological polar surface area (TPSA) is 66.7 Å². The fraction of sp³-hybridized carbons (Fsp3) is 0.391. The highest BCUT2D eigenvalue weighted by molar-refractivity contribution is 5.96. The molecule has 1 aromatic carbocycles. The first-order chi connectivity index (χ1) is 15.5. The van der Waals surface area contributed by atoms with Crippen LogP contribution in [0.4, 0.5) is 20.4 Å².